The second-order valence-electron chi connectivity index (χ2n) is 6.02. The summed E-state index contributed by atoms with van der Waals surface area (Å²) in [4.78, 5) is 4.43. The van der Waals surface area contributed by atoms with Gasteiger partial charge in [-0.25, -0.2) is 4.98 Å². The molecule has 110 valence electrons. The van der Waals surface area contributed by atoms with E-state index in [0.717, 1.165) is 42.9 Å². The van der Waals surface area contributed by atoms with E-state index in [-0.39, 0.29) is 5.41 Å². The second kappa shape index (κ2) is 6.45. The first-order valence-corrected chi connectivity index (χ1v) is 7.30. The van der Waals surface area contributed by atoms with Gasteiger partial charge in [-0.1, -0.05) is 6.42 Å². The van der Waals surface area contributed by atoms with Gasteiger partial charge in [-0.3, -0.25) is 0 Å². The smallest absolute Gasteiger partial charge is 0.139 e. The van der Waals surface area contributed by atoms with Gasteiger partial charge in [0.1, 0.15) is 5.82 Å². The van der Waals surface area contributed by atoms with Crippen LogP contribution in [-0.4, -0.2) is 9.55 Å². The Morgan fingerprint density at radius 2 is 1.95 bits per heavy atom. The largest absolute Gasteiger partial charge is 0.399 e. The Labute approximate surface area is 126 Å². The van der Waals surface area contributed by atoms with Gasteiger partial charge in [0.15, 0.2) is 0 Å². The van der Waals surface area contributed by atoms with Crippen LogP contribution in [0.15, 0.2) is 36.7 Å². The molecule has 0 bridgehead atoms. The molecule has 2 aromatic rings. The van der Waals surface area contributed by atoms with E-state index in [0.29, 0.717) is 0 Å². The average molecular weight is 282 g/mol. The molecule has 1 heterocycles. The third-order valence-corrected chi connectivity index (χ3v) is 3.64. The van der Waals surface area contributed by atoms with Crippen molar-refractivity contribution < 1.29 is 0 Å². The van der Waals surface area contributed by atoms with Crippen LogP contribution in [-0.2, 0) is 6.54 Å². The predicted molar refractivity (Wildman–Crippen MR) is 85.3 cm³/mol. The van der Waals surface area contributed by atoms with Gasteiger partial charge in [0, 0.05) is 30.2 Å². The minimum absolute atomic E-state index is 0.227. The van der Waals surface area contributed by atoms with Crippen molar-refractivity contribution in [1.29, 1.82) is 5.26 Å². The van der Waals surface area contributed by atoms with Crippen molar-refractivity contribution in [3.63, 3.8) is 0 Å². The Bertz CT molecular complexity index is 617. The van der Waals surface area contributed by atoms with Crippen molar-refractivity contribution in [1.82, 2.24) is 9.55 Å². The van der Waals surface area contributed by atoms with Crippen LogP contribution in [0.25, 0.3) is 11.4 Å². The van der Waals surface area contributed by atoms with E-state index in [1.807, 2.05) is 50.5 Å². The lowest BCUT2D eigenvalue weighted by Crippen LogP contribution is -2.08. The van der Waals surface area contributed by atoms with Crippen molar-refractivity contribution in [2.75, 3.05) is 5.73 Å². The lowest BCUT2D eigenvalue weighted by molar-refractivity contribution is 0.417. The summed E-state index contributed by atoms with van der Waals surface area (Å²) in [6.45, 7) is 4.90. The minimum Gasteiger partial charge on any atom is -0.399 e. The summed E-state index contributed by atoms with van der Waals surface area (Å²) in [7, 11) is 0. The molecule has 0 amide bonds. The summed E-state index contributed by atoms with van der Waals surface area (Å²) in [5.74, 6) is 0.967. The van der Waals surface area contributed by atoms with Crippen LogP contribution in [0.5, 0.6) is 0 Å². The molecule has 0 aliphatic rings. The minimum atomic E-state index is -0.227. The topological polar surface area (TPSA) is 67.6 Å². The van der Waals surface area contributed by atoms with Crippen LogP contribution < -0.4 is 5.73 Å². The first-order valence-electron chi connectivity index (χ1n) is 7.30. The molecule has 0 aliphatic carbocycles. The summed E-state index contributed by atoms with van der Waals surface area (Å²) < 4.78 is 2.16. The molecule has 0 atom stereocenters. The molecular formula is C17H22N4. The van der Waals surface area contributed by atoms with Crippen molar-refractivity contribution in [2.45, 2.75) is 39.7 Å². The second-order valence-corrected chi connectivity index (χ2v) is 6.02. The van der Waals surface area contributed by atoms with Gasteiger partial charge in [0.05, 0.1) is 11.5 Å². The summed E-state index contributed by atoms with van der Waals surface area (Å²) in [6.07, 6.45) is 6.84. The highest BCUT2D eigenvalue weighted by Crippen LogP contribution is 2.23. The van der Waals surface area contributed by atoms with Crippen LogP contribution in [0, 0.1) is 16.7 Å². The Morgan fingerprint density at radius 1 is 1.24 bits per heavy atom. The maximum Gasteiger partial charge on any atom is 0.139 e. The number of benzene rings is 1. The van der Waals surface area contributed by atoms with Gasteiger partial charge in [-0.05, 0) is 51.0 Å². The van der Waals surface area contributed by atoms with E-state index >= 15 is 0 Å². The molecule has 1 aromatic carbocycles. The molecule has 1 aromatic heterocycles. The quantitative estimate of drug-likeness (QED) is 0.646. The Hall–Kier alpha value is -2.28. The Balaban J connectivity index is 1.95. The van der Waals surface area contributed by atoms with Gasteiger partial charge in [-0.15, -0.1) is 0 Å². The highest BCUT2D eigenvalue weighted by atomic mass is 15.1. The van der Waals surface area contributed by atoms with Crippen LogP contribution >= 0.6 is 0 Å². The fraction of sp³-hybridized carbons (Fsp3) is 0.412. The number of hydrogen-bond donors (Lipinski definition) is 1. The zero-order valence-corrected chi connectivity index (χ0v) is 12.7. The first kappa shape index (κ1) is 15.1. The van der Waals surface area contributed by atoms with E-state index in [4.69, 9.17) is 11.0 Å². The SMILES string of the molecule is CC(C)(C#N)CCCCn1ccnc1-c1ccc(N)cc1. The van der Waals surface area contributed by atoms with Gasteiger partial charge in [0.2, 0.25) is 0 Å². The number of imidazole rings is 1. The average Bonchev–Trinajstić information content (AvgIpc) is 2.93. The number of aryl methyl sites for hydroxylation is 1. The lowest BCUT2D eigenvalue weighted by Gasteiger charge is -2.14. The molecule has 0 saturated carbocycles. The molecule has 0 fully saturated rings. The normalized spacial score (nSPS) is 11.3. The van der Waals surface area contributed by atoms with Crippen LogP contribution in [0.1, 0.15) is 33.1 Å². The number of anilines is 1. The molecule has 0 saturated heterocycles. The summed E-state index contributed by atoms with van der Waals surface area (Å²) in [6, 6.07) is 10.1. The van der Waals surface area contributed by atoms with E-state index < -0.39 is 0 Å². The highest BCUT2D eigenvalue weighted by Gasteiger charge is 2.15. The molecule has 4 heteroatoms. The zero-order valence-electron chi connectivity index (χ0n) is 12.7. The maximum atomic E-state index is 9.02. The molecule has 0 spiro atoms. The Kier molecular flexibility index (Phi) is 4.64. The standard InChI is InChI=1S/C17H22N4/c1-17(2,13-18)9-3-4-11-21-12-10-20-16(21)14-5-7-15(19)8-6-14/h5-8,10,12H,3-4,9,11,19H2,1-2H3. The third-order valence-electron chi connectivity index (χ3n) is 3.64. The number of aromatic nitrogens is 2. The van der Waals surface area contributed by atoms with Crippen LogP contribution in [0.2, 0.25) is 0 Å². The monoisotopic (exact) mass is 282 g/mol. The van der Waals surface area contributed by atoms with Crippen molar-refractivity contribution in [3.8, 4) is 17.5 Å². The van der Waals surface area contributed by atoms with E-state index in [1.54, 1.807) is 0 Å². The highest BCUT2D eigenvalue weighted by molar-refractivity contribution is 5.59. The lowest BCUT2D eigenvalue weighted by atomic mass is 9.89. The number of hydrogen-bond acceptors (Lipinski definition) is 3. The number of nitriles is 1. The van der Waals surface area contributed by atoms with Crippen molar-refractivity contribution in [2.24, 2.45) is 5.41 Å². The predicted octanol–water partition coefficient (Wildman–Crippen LogP) is 3.85. The molecule has 2 rings (SSSR count). The first-order chi connectivity index (χ1) is 10.0. The summed E-state index contributed by atoms with van der Waals surface area (Å²) in [5, 5.41) is 9.02. The molecule has 4 nitrogen and oxygen atoms in total. The fourth-order valence-electron chi connectivity index (χ4n) is 2.29. The molecular weight excluding hydrogens is 260 g/mol. The molecule has 21 heavy (non-hydrogen) atoms. The third kappa shape index (κ3) is 4.09. The number of nitrogens with two attached hydrogens (primary N) is 1. The van der Waals surface area contributed by atoms with Gasteiger partial charge in [0.25, 0.3) is 0 Å². The van der Waals surface area contributed by atoms with Crippen LogP contribution in [0.4, 0.5) is 5.69 Å². The summed E-state index contributed by atoms with van der Waals surface area (Å²) in [5.41, 5.74) is 7.32. The Morgan fingerprint density at radius 3 is 2.62 bits per heavy atom. The number of nitrogen functional groups attached to an aromatic ring is 1. The molecule has 0 unspecified atom stereocenters. The maximum absolute atomic E-state index is 9.02. The van der Waals surface area contributed by atoms with E-state index in [2.05, 4.69) is 15.6 Å². The van der Waals surface area contributed by atoms with Gasteiger partial charge >= 0.3 is 0 Å². The van der Waals surface area contributed by atoms with Crippen molar-refractivity contribution in [3.05, 3.63) is 36.7 Å². The zero-order chi connectivity index (χ0) is 15.3. The number of nitrogens with zero attached hydrogens (tertiary/aromatic N) is 3. The fourth-order valence-corrected chi connectivity index (χ4v) is 2.29. The van der Waals surface area contributed by atoms with E-state index in [9.17, 15) is 0 Å². The number of rotatable bonds is 6. The summed E-state index contributed by atoms with van der Waals surface area (Å²) >= 11 is 0. The molecule has 2 N–H and O–H groups in total. The van der Waals surface area contributed by atoms with E-state index in [1.165, 1.54) is 0 Å². The number of unbranched alkanes of at least 4 members (excludes halogenated alkanes) is 1. The van der Waals surface area contributed by atoms with Crippen LogP contribution in [0.3, 0.4) is 0 Å². The van der Waals surface area contributed by atoms with Crippen molar-refractivity contribution >= 4 is 5.69 Å². The molecule has 0 aliphatic heterocycles. The van der Waals surface area contributed by atoms with Gasteiger partial charge < -0.3 is 10.3 Å². The molecule has 0 radical (unpaired) electrons. The van der Waals surface area contributed by atoms with Gasteiger partial charge in [-0.2, -0.15) is 5.26 Å².